The maximum absolute atomic E-state index is 4.67. The Morgan fingerprint density at radius 3 is 2.25 bits per heavy atom. The summed E-state index contributed by atoms with van der Waals surface area (Å²) in [6, 6.07) is 0. The summed E-state index contributed by atoms with van der Waals surface area (Å²) in [6.07, 6.45) is 7.53. The van der Waals surface area contributed by atoms with Crippen LogP contribution in [0.2, 0.25) is 0 Å². The highest BCUT2D eigenvalue weighted by Gasteiger charge is 1.90. The fourth-order valence-corrected chi connectivity index (χ4v) is 1.02. The Kier molecular flexibility index (Phi) is 10.8. The third kappa shape index (κ3) is 9.88. The molecule has 0 aromatic carbocycles. The lowest BCUT2D eigenvalue weighted by Gasteiger charge is -2.00. The fourth-order valence-electron chi connectivity index (χ4n) is 1.02. The monoisotopic (exact) mass is 176 g/mol. The van der Waals surface area contributed by atoms with Gasteiger partial charge in [0.1, 0.15) is 0 Å². The maximum Gasteiger partial charge on any atom is 0.0853 e. The highest BCUT2D eigenvalue weighted by atomic mass is 17.5. The maximum atomic E-state index is 4.67. The first-order chi connectivity index (χ1) is 5.91. The average molecular weight is 176 g/mol. The molecule has 3 nitrogen and oxygen atoms in total. The van der Waals surface area contributed by atoms with Crippen LogP contribution in [-0.2, 0) is 14.8 Å². The zero-order valence-corrected chi connectivity index (χ0v) is 8.17. The molecule has 0 rings (SSSR count). The average Bonchev–Trinajstić information content (AvgIpc) is 2.10. The van der Waals surface area contributed by atoms with Gasteiger partial charge in [-0.15, -0.1) is 0 Å². The number of rotatable bonds is 9. The van der Waals surface area contributed by atoms with E-state index in [4.69, 9.17) is 0 Å². The Morgan fingerprint density at radius 2 is 1.58 bits per heavy atom. The SMILES string of the molecule is CCCCCCCCOOOC. The first-order valence-electron chi connectivity index (χ1n) is 4.74. The topological polar surface area (TPSA) is 27.7 Å². The van der Waals surface area contributed by atoms with Crippen molar-refractivity contribution in [1.82, 2.24) is 0 Å². The summed E-state index contributed by atoms with van der Waals surface area (Å²) >= 11 is 0. The fraction of sp³-hybridized carbons (Fsp3) is 1.00. The molecular weight excluding hydrogens is 156 g/mol. The molecule has 3 heteroatoms. The van der Waals surface area contributed by atoms with Gasteiger partial charge in [0, 0.05) is 0 Å². The van der Waals surface area contributed by atoms with E-state index >= 15 is 0 Å². The molecule has 0 saturated heterocycles. The third-order valence-electron chi connectivity index (χ3n) is 1.70. The standard InChI is InChI=1S/C9H20O3/c1-3-4-5-6-7-8-9-11-12-10-2/h3-9H2,1-2H3. The lowest BCUT2D eigenvalue weighted by atomic mass is 10.1. The highest BCUT2D eigenvalue weighted by molar-refractivity contribution is 4.41. The van der Waals surface area contributed by atoms with Crippen LogP contribution in [0, 0.1) is 0 Å². The Balaban J connectivity index is 2.73. The number of hydrogen-bond donors (Lipinski definition) is 0. The molecule has 0 aliphatic carbocycles. The minimum atomic E-state index is 0.625. The van der Waals surface area contributed by atoms with Crippen molar-refractivity contribution in [1.29, 1.82) is 0 Å². The normalized spacial score (nSPS) is 10.5. The number of unbranched alkanes of at least 4 members (excludes halogenated alkanes) is 5. The molecule has 0 heterocycles. The molecule has 0 aliphatic rings. The smallest absolute Gasteiger partial charge is 0.0853 e. The van der Waals surface area contributed by atoms with Gasteiger partial charge in [0.25, 0.3) is 0 Å². The van der Waals surface area contributed by atoms with Crippen LogP contribution < -0.4 is 0 Å². The third-order valence-corrected chi connectivity index (χ3v) is 1.70. The first kappa shape index (κ1) is 11.9. The van der Waals surface area contributed by atoms with E-state index in [0.717, 1.165) is 6.42 Å². The summed E-state index contributed by atoms with van der Waals surface area (Å²) in [5, 5.41) is 4.26. The summed E-state index contributed by atoms with van der Waals surface area (Å²) in [5.74, 6) is 0. The van der Waals surface area contributed by atoms with E-state index in [-0.39, 0.29) is 0 Å². The Hall–Kier alpha value is -0.120. The molecule has 0 bridgehead atoms. The van der Waals surface area contributed by atoms with Gasteiger partial charge >= 0.3 is 0 Å². The molecule has 0 N–H and O–H groups in total. The molecule has 0 saturated carbocycles. The minimum Gasteiger partial charge on any atom is -0.210 e. The molecule has 0 fully saturated rings. The lowest BCUT2D eigenvalue weighted by Crippen LogP contribution is -1.95. The Bertz CT molecular complexity index is 66.2. The molecule has 74 valence electrons. The van der Waals surface area contributed by atoms with Gasteiger partial charge in [-0.25, -0.2) is 9.78 Å². The zero-order valence-electron chi connectivity index (χ0n) is 8.17. The van der Waals surface area contributed by atoms with Gasteiger partial charge in [0.05, 0.1) is 13.7 Å². The van der Waals surface area contributed by atoms with Gasteiger partial charge in [-0.2, -0.15) is 0 Å². The van der Waals surface area contributed by atoms with Crippen LogP contribution in [0.15, 0.2) is 0 Å². The largest absolute Gasteiger partial charge is 0.210 e. The van der Waals surface area contributed by atoms with Crippen LogP contribution in [0.4, 0.5) is 0 Å². The minimum absolute atomic E-state index is 0.625. The van der Waals surface area contributed by atoms with Crippen LogP contribution in [0.5, 0.6) is 0 Å². The van der Waals surface area contributed by atoms with E-state index in [1.54, 1.807) is 0 Å². The van der Waals surface area contributed by atoms with Gasteiger partial charge in [-0.1, -0.05) is 44.1 Å². The van der Waals surface area contributed by atoms with Crippen molar-refractivity contribution in [2.75, 3.05) is 13.7 Å². The second-order valence-electron chi connectivity index (χ2n) is 2.82. The summed E-state index contributed by atoms with van der Waals surface area (Å²) in [4.78, 5) is 8.93. The summed E-state index contributed by atoms with van der Waals surface area (Å²) < 4.78 is 0. The van der Waals surface area contributed by atoms with E-state index < -0.39 is 0 Å². The Labute approximate surface area is 74.9 Å². The van der Waals surface area contributed by atoms with E-state index in [0.29, 0.717) is 6.61 Å². The van der Waals surface area contributed by atoms with E-state index in [1.165, 1.54) is 39.2 Å². The predicted molar refractivity (Wildman–Crippen MR) is 47.4 cm³/mol. The molecule has 0 atom stereocenters. The highest BCUT2D eigenvalue weighted by Crippen LogP contribution is 2.04. The van der Waals surface area contributed by atoms with Gasteiger partial charge in [-0.05, 0) is 6.42 Å². The molecular formula is C9H20O3. The Morgan fingerprint density at radius 1 is 0.917 bits per heavy atom. The first-order valence-corrected chi connectivity index (χ1v) is 4.74. The van der Waals surface area contributed by atoms with Crippen LogP contribution >= 0.6 is 0 Å². The van der Waals surface area contributed by atoms with Crippen LogP contribution in [-0.4, -0.2) is 13.7 Å². The quantitative estimate of drug-likeness (QED) is 0.307. The van der Waals surface area contributed by atoms with Crippen LogP contribution in [0.1, 0.15) is 45.4 Å². The molecule has 0 aliphatic heterocycles. The molecule has 0 amide bonds. The molecule has 0 radical (unpaired) electrons. The van der Waals surface area contributed by atoms with E-state index in [9.17, 15) is 0 Å². The van der Waals surface area contributed by atoms with Gasteiger partial charge in [0.2, 0.25) is 0 Å². The van der Waals surface area contributed by atoms with Crippen molar-refractivity contribution in [3.05, 3.63) is 0 Å². The van der Waals surface area contributed by atoms with Crippen molar-refractivity contribution in [3.8, 4) is 0 Å². The van der Waals surface area contributed by atoms with Crippen molar-refractivity contribution in [2.45, 2.75) is 45.4 Å². The van der Waals surface area contributed by atoms with Gasteiger partial charge < -0.3 is 0 Å². The van der Waals surface area contributed by atoms with Crippen LogP contribution in [0.25, 0.3) is 0 Å². The summed E-state index contributed by atoms with van der Waals surface area (Å²) in [7, 11) is 1.43. The van der Waals surface area contributed by atoms with Gasteiger partial charge in [0.15, 0.2) is 0 Å². The second-order valence-corrected chi connectivity index (χ2v) is 2.82. The second kappa shape index (κ2) is 10.9. The molecule has 12 heavy (non-hydrogen) atoms. The lowest BCUT2D eigenvalue weighted by molar-refractivity contribution is -0.502. The molecule has 0 aromatic rings. The molecule has 0 unspecified atom stereocenters. The van der Waals surface area contributed by atoms with Crippen LogP contribution in [0.3, 0.4) is 0 Å². The summed E-state index contributed by atoms with van der Waals surface area (Å²) in [5.41, 5.74) is 0. The predicted octanol–water partition coefficient (Wildman–Crippen LogP) is 2.86. The van der Waals surface area contributed by atoms with E-state index in [2.05, 4.69) is 21.7 Å². The molecule has 0 aromatic heterocycles. The van der Waals surface area contributed by atoms with Crippen molar-refractivity contribution in [3.63, 3.8) is 0 Å². The van der Waals surface area contributed by atoms with Gasteiger partial charge in [-0.3, -0.25) is 0 Å². The van der Waals surface area contributed by atoms with Crippen molar-refractivity contribution in [2.24, 2.45) is 0 Å². The van der Waals surface area contributed by atoms with Crippen molar-refractivity contribution >= 4 is 0 Å². The number of hydrogen-bond acceptors (Lipinski definition) is 3. The molecule has 0 spiro atoms. The zero-order chi connectivity index (χ0) is 9.07. The van der Waals surface area contributed by atoms with E-state index in [1.807, 2.05) is 0 Å². The summed E-state index contributed by atoms with van der Waals surface area (Å²) in [6.45, 7) is 2.84. The van der Waals surface area contributed by atoms with Crippen molar-refractivity contribution < 1.29 is 14.8 Å².